The van der Waals surface area contributed by atoms with Crippen molar-refractivity contribution < 1.29 is 13.2 Å². The van der Waals surface area contributed by atoms with Crippen molar-refractivity contribution in [3.05, 3.63) is 76.7 Å². The molecule has 0 saturated carbocycles. The van der Waals surface area contributed by atoms with E-state index >= 15 is 0 Å². The Labute approximate surface area is 158 Å². The van der Waals surface area contributed by atoms with Crippen molar-refractivity contribution in [3.8, 4) is 5.75 Å². The van der Waals surface area contributed by atoms with Crippen molar-refractivity contribution >= 4 is 27.0 Å². The van der Waals surface area contributed by atoms with Gasteiger partial charge in [0, 0.05) is 0 Å². The van der Waals surface area contributed by atoms with Gasteiger partial charge in [-0.3, -0.25) is 4.31 Å². The Kier molecular flexibility index (Phi) is 5.34. The van der Waals surface area contributed by atoms with Crippen molar-refractivity contribution in [1.82, 2.24) is 0 Å². The SMILES string of the molecule is COc1ccccc1N(Cc1cc(C)ccc1C)S(=O)(=O)c1cccs1. The van der Waals surface area contributed by atoms with Gasteiger partial charge < -0.3 is 4.74 Å². The van der Waals surface area contributed by atoms with Crippen LogP contribution in [0.1, 0.15) is 16.7 Å². The van der Waals surface area contributed by atoms with Crippen molar-refractivity contribution in [2.24, 2.45) is 0 Å². The van der Waals surface area contributed by atoms with Crippen molar-refractivity contribution in [2.75, 3.05) is 11.4 Å². The molecule has 6 heteroatoms. The molecule has 136 valence electrons. The van der Waals surface area contributed by atoms with Gasteiger partial charge in [-0.2, -0.15) is 0 Å². The largest absolute Gasteiger partial charge is 0.495 e. The summed E-state index contributed by atoms with van der Waals surface area (Å²) in [6.45, 7) is 4.24. The predicted molar refractivity (Wildman–Crippen MR) is 107 cm³/mol. The number of benzene rings is 2. The maximum absolute atomic E-state index is 13.3. The van der Waals surface area contributed by atoms with Crippen LogP contribution < -0.4 is 9.04 Å². The van der Waals surface area contributed by atoms with Crippen LogP contribution in [0.2, 0.25) is 0 Å². The highest BCUT2D eigenvalue weighted by molar-refractivity contribution is 7.94. The fraction of sp³-hybridized carbons (Fsp3) is 0.200. The van der Waals surface area contributed by atoms with E-state index in [2.05, 4.69) is 0 Å². The van der Waals surface area contributed by atoms with E-state index in [1.54, 1.807) is 36.8 Å². The Morgan fingerprint density at radius 2 is 1.81 bits per heavy atom. The fourth-order valence-electron chi connectivity index (χ4n) is 2.78. The lowest BCUT2D eigenvalue weighted by molar-refractivity contribution is 0.415. The standard InChI is InChI=1S/C20H21NO3S2/c1-15-10-11-16(2)17(13-15)14-21(18-7-4-5-8-19(18)24-3)26(22,23)20-9-6-12-25-20/h4-13H,14H2,1-3H3. The molecule has 0 atom stereocenters. The minimum atomic E-state index is -3.70. The van der Waals surface area contributed by atoms with Crippen LogP contribution in [0.25, 0.3) is 0 Å². The van der Waals surface area contributed by atoms with E-state index < -0.39 is 10.0 Å². The number of para-hydroxylation sites is 2. The Hall–Kier alpha value is -2.31. The summed E-state index contributed by atoms with van der Waals surface area (Å²) in [7, 11) is -2.15. The van der Waals surface area contributed by atoms with Crippen LogP contribution in [-0.2, 0) is 16.6 Å². The highest BCUT2D eigenvalue weighted by Gasteiger charge is 2.28. The summed E-state index contributed by atoms with van der Waals surface area (Å²) in [5.41, 5.74) is 3.65. The molecule has 26 heavy (non-hydrogen) atoms. The first-order valence-corrected chi connectivity index (χ1v) is 10.5. The first-order valence-electron chi connectivity index (χ1n) is 8.19. The summed E-state index contributed by atoms with van der Waals surface area (Å²) >= 11 is 1.21. The van der Waals surface area contributed by atoms with E-state index in [-0.39, 0.29) is 6.54 Å². The molecule has 0 aliphatic rings. The van der Waals surface area contributed by atoms with Gasteiger partial charge in [-0.1, -0.05) is 42.0 Å². The number of nitrogens with zero attached hydrogens (tertiary/aromatic N) is 1. The maximum atomic E-state index is 13.3. The molecule has 2 aromatic carbocycles. The Morgan fingerprint density at radius 1 is 1.04 bits per heavy atom. The van der Waals surface area contributed by atoms with E-state index in [0.717, 1.165) is 16.7 Å². The minimum Gasteiger partial charge on any atom is -0.495 e. The second kappa shape index (κ2) is 7.51. The van der Waals surface area contributed by atoms with Crippen LogP contribution in [-0.4, -0.2) is 15.5 Å². The number of ether oxygens (including phenoxy) is 1. The topological polar surface area (TPSA) is 46.6 Å². The van der Waals surface area contributed by atoms with Crippen LogP contribution >= 0.6 is 11.3 Å². The summed E-state index contributed by atoms with van der Waals surface area (Å²) in [5.74, 6) is 0.526. The fourth-order valence-corrected chi connectivity index (χ4v) is 5.34. The highest BCUT2D eigenvalue weighted by Crippen LogP contribution is 2.35. The molecule has 1 aromatic heterocycles. The van der Waals surface area contributed by atoms with E-state index in [9.17, 15) is 8.42 Å². The molecule has 1 heterocycles. The molecule has 0 fully saturated rings. The molecule has 0 aliphatic carbocycles. The normalized spacial score (nSPS) is 11.3. The third-order valence-corrected chi connectivity index (χ3v) is 7.34. The van der Waals surface area contributed by atoms with Gasteiger partial charge in [0.25, 0.3) is 10.0 Å². The average molecular weight is 388 g/mol. The van der Waals surface area contributed by atoms with Gasteiger partial charge in [-0.15, -0.1) is 11.3 Å². The summed E-state index contributed by atoms with van der Waals surface area (Å²) in [5, 5.41) is 1.77. The number of thiophene rings is 1. The molecule has 0 spiro atoms. The van der Waals surface area contributed by atoms with Gasteiger partial charge in [-0.25, -0.2) is 8.42 Å². The second-order valence-electron chi connectivity index (χ2n) is 6.05. The summed E-state index contributed by atoms with van der Waals surface area (Å²) < 4.78 is 33.9. The number of anilines is 1. The summed E-state index contributed by atoms with van der Waals surface area (Å²) in [6.07, 6.45) is 0. The van der Waals surface area contributed by atoms with Gasteiger partial charge in [0.1, 0.15) is 9.96 Å². The van der Waals surface area contributed by atoms with E-state index in [1.807, 2.05) is 44.2 Å². The van der Waals surface area contributed by atoms with Crippen LogP contribution in [0.15, 0.2) is 64.2 Å². The number of methoxy groups -OCH3 is 1. The lowest BCUT2D eigenvalue weighted by atomic mass is 10.1. The molecule has 4 nitrogen and oxygen atoms in total. The van der Waals surface area contributed by atoms with Crippen LogP contribution in [0.5, 0.6) is 5.75 Å². The molecule has 0 aliphatic heterocycles. The molecule has 0 bridgehead atoms. The first-order chi connectivity index (χ1) is 12.4. The average Bonchev–Trinajstić information content (AvgIpc) is 3.18. The molecule has 0 amide bonds. The van der Waals surface area contributed by atoms with Crippen molar-refractivity contribution in [3.63, 3.8) is 0 Å². The smallest absolute Gasteiger partial charge is 0.274 e. The van der Waals surface area contributed by atoms with E-state index in [4.69, 9.17) is 4.74 Å². The van der Waals surface area contributed by atoms with Crippen LogP contribution in [0, 0.1) is 13.8 Å². The van der Waals surface area contributed by atoms with Gasteiger partial charge in [0.15, 0.2) is 0 Å². The number of sulfonamides is 1. The summed E-state index contributed by atoms with van der Waals surface area (Å²) in [4.78, 5) is 0. The number of hydrogen-bond donors (Lipinski definition) is 0. The van der Waals surface area contributed by atoms with Gasteiger partial charge in [0.05, 0.1) is 19.3 Å². The Morgan fingerprint density at radius 3 is 2.50 bits per heavy atom. The predicted octanol–water partition coefficient (Wildman–Crippen LogP) is 4.77. The molecule has 0 unspecified atom stereocenters. The number of aryl methyl sites for hydroxylation is 2. The van der Waals surface area contributed by atoms with Gasteiger partial charge in [0.2, 0.25) is 0 Å². The first kappa shape index (κ1) is 18.5. The zero-order valence-electron chi connectivity index (χ0n) is 15.0. The van der Waals surface area contributed by atoms with Crippen molar-refractivity contribution in [2.45, 2.75) is 24.6 Å². The second-order valence-corrected chi connectivity index (χ2v) is 9.08. The quantitative estimate of drug-likeness (QED) is 0.612. The number of rotatable bonds is 6. The number of hydrogen-bond acceptors (Lipinski definition) is 4. The molecule has 0 radical (unpaired) electrons. The molecule has 3 aromatic rings. The monoisotopic (exact) mass is 387 g/mol. The highest BCUT2D eigenvalue weighted by atomic mass is 32.2. The Balaban J connectivity index is 2.15. The van der Waals surface area contributed by atoms with E-state index in [0.29, 0.717) is 15.6 Å². The third kappa shape index (κ3) is 3.61. The lowest BCUT2D eigenvalue weighted by Crippen LogP contribution is -2.30. The maximum Gasteiger partial charge on any atom is 0.274 e. The third-order valence-electron chi connectivity index (χ3n) is 4.21. The zero-order valence-corrected chi connectivity index (χ0v) is 16.6. The summed E-state index contributed by atoms with van der Waals surface area (Å²) in [6, 6.07) is 16.6. The molecule has 0 N–H and O–H groups in total. The van der Waals surface area contributed by atoms with Crippen molar-refractivity contribution in [1.29, 1.82) is 0 Å². The minimum absolute atomic E-state index is 0.244. The molecular weight excluding hydrogens is 366 g/mol. The molecule has 0 saturated heterocycles. The van der Waals surface area contributed by atoms with Crippen LogP contribution in [0.4, 0.5) is 5.69 Å². The van der Waals surface area contributed by atoms with Gasteiger partial charge >= 0.3 is 0 Å². The lowest BCUT2D eigenvalue weighted by Gasteiger charge is -2.26. The molecule has 3 rings (SSSR count). The zero-order chi connectivity index (χ0) is 18.7. The van der Waals surface area contributed by atoms with Gasteiger partial charge in [-0.05, 0) is 48.6 Å². The van der Waals surface area contributed by atoms with E-state index in [1.165, 1.54) is 15.6 Å². The molecular formula is C20H21NO3S2. The van der Waals surface area contributed by atoms with Crippen LogP contribution in [0.3, 0.4) is 0 Å². The Bertz CT molecular complexity index is 996.